The molecule has 5 heteroatoms. The Morgan fingerprint density at radius 2 is 1.79 bits per heavy atom. The highest BCUT2D eigenvalue weighted by atomic mass is 16.6. The normalized spacial score (nSPS) is 19.7. The topological polar surface area (TPSA) is 58.6 Å². The summed E-state index contributed by atoms with van der Waals surface area (Å²) in [5.41, 5.74) is 0.936. The van der Waals surface area contributed by atoms with Gasteiger partial charge in [-0.15, -0.1) is 0 Å². The number of amides is 2. The molecule has 5 nitrogen and oxygen atoms in total. The highest BCUT2D eigenvalue weighted by molar-refractivity contribution is 5.96. The highest BCUT2D eigenvalue weighted by Gasteiger charge is 2.42. The number of benzene rings is 2. The number of nitrogens with zero attached hydrogens (tertiary/aromatic N) is 1. The van der Waals surface area contributed by atoms with Gasteiger partial charge in [0, 0.05) is 12.8 Å². The first-order valence-corrected chi connectivity index (χ1v) is 9.56. The van der Waals surface area contributed by atoms with Crippen molar-refractivity contribution in [3.05, 3.63) is 71.8 Å². The smallest absolute Gasteiger partial charge is 0.417 e. The molecule has 0 unspecified atom stereocenters. The molecule has 1 aliphatic rings. The second kappa shape index (κ2) is 8.57. The largest absolute Gasteiger partial charge is 0.444 e. The Kier molecular flexibility index (Phi) is 5.72. The summed E-state index contributed by atoms with van der Waals surface area (Å²) in [5, 5.41) is 3.25. The van der Waals surface area contributed by atoms with Crippen molar-refractivity contribution < 1.29 is 15.7 Å². The molecule has 2 aromatic carbocycles. The van der Waals surface area contributed by atoms with E-state index in [1.54, 1.807) is 13.8 Å². The fourth-order valence-electron chi connectivity index (χ4n) is 3.58. The molecule has 148 valence electrons. The van der Waals surface area contributed by atoms with Crippen molar-refractivity contribution in [3.8, 4) is 0 Å². The number of hydrogen-bond donors (Lipinski definition) is 1. The zero-order valence-corrected chi connectivity index (χ0v) is 16.4. The molecule has 1 saturated heterocycles. The van der Waals surface area contributed by atoms with Crippen LogP contribution in [-0.4, -0.2) is 35.0 Å². The Morgan fingerprint density at radius 3 is 2.43 bits per heavy atom. The first-order valence-electron chi connectivity index (χ1n) is 10.3. The molecule has 1 N–H and O–H groups in total. The second-order valence-electron chi connectivity index (χ2n) is 7.76. The predicted molar refractivity (Wildman–Crippen MR) is 109 cm³/mol. The van der Waals surface area contributed by atoms with Crippen molar-refractivity contribution in [2.75, 3.05) is 6.54 Å². The van der Waals surface area contributed by atoms with E-state index in [-0.39, 0.29) is 25.3 Å². The van der Waals surface area contributed by atoms with E-state index in [4.69, 9.17) is 6.11 Å². The lowest BCUT2D eigenvalue weighted by molar-refractivity contribution is -0.135. The fraction of sp³-hybridized carbons (Fsp3) is 0.391. The molecule has 2 aromatic rings. The van der Waals surface area contributed by atoms with Crippen LogP contribution in [0.15, 0.2) is 60.7 Å². The number of hydrogen-bond acceptors (Lipinski definition) is 4. The van der Waals surface area contributed by atoms with Crippen molar-refractivity contribution in [2.24, 2.45) is 0 Å². The Morgan fingerprint density at radius 1 is 1.14 bits per heavy atom. The van der Waals surface area contributed by atoms with Crippen molar-refractivity contribution in [3.63, 3.8) is 0 Å². The number of rotatable bonds is 4. The van der Waals surface area contributed by atoms with Crippen LogP contribution in [0.1, 0.15) is 45.6 Å². The molecule has 0 aromatic heterocycles. The van der Waals surface area contributed by atoms with Gasteiger partial charge in [0.05, 0.1) is 6.04 Å². The van der Waals surface area contributed by atoms with Gasteiger partial charge in [-0.25, -0.2) is 9.69 Å². The average Bonchev–Trinajstić information content (AvgIpc) is 3.23. The molecule has 2 atom stereocenters. The van der Waals surface area contributed by atoms with E-state index in [1.807, 2.05) is 60.7 Å². The summed E-state index contributed by atoms with van der Waals surface area (Å²) in [6.45, 7) is 4.10. The predicted octanol–water partition coefficient (Wildman–Crippen LogP) is 4.10. The van der Waals surface area contributed by atoms with Gasteiger partial charge in [-0.2, -0.15) is 0 Å². The van der Waals surface area contributed by atoms with E-state index in [1.165, 1.54) is 0 Å². The van der Waals surface area contributed by atoms with Gasteiger partial charge in [-0.1, -0.05) is 60.7 Å². The van der Waals surface area contributed by atoms with Crippen LogP contribution in [0.3, 0.4) is 0 Å². The van der Waals surface area contributed by atoms with E-state index in [9.17, 15) is 9.59 Å². The van der Waals surface area contributed by atoms with E-state index >= 15 is 0 Å². The number of imide groups is 1. The van der Waals surface area contributed by atoms with Crippen LogP contribution in [-0.2, 0) is 16.1 Å². The Hall–Kier alpha value is -2.66. The second-order valence-corrected chi connectivity index (χ2v) is 7.76. The van der Waals surface area contributed by atoms with Crippen LogP contribution in [0.4, 0.5) is 4.79 Å². The summed E-state index contributed by atoms with van der Waals surface area (Å²) < 4.78 is 13.3. The van der Waals surface area contributed by atoms with Crippen LogP contribution in [0.5, 0.6) is 0 Å². The molecule has 28 heavy (non-hydrogen) atoms. The van der Waals surface area contributed by atoms with Gasteiger partial charge in [0.1, 0.15) is 6.61 Å². The van der Waals surface area contributed by atoms with Gasteiger partial charge in [-0.3, -0.25) is 4.79 Å². The maximum atomic E-state index is 13.5. The molecule has 1 fully saturated rings. The molecule has 1 aliphatic heterocycles. The van der Waals surface area contributed by atoms with E-state index < -0.39 is 17.7 Å². The van der Waals surface area contributed by atoms with Crippen LogP contribution in [0, 0.1) is 0 Å². The third kappa shape index (κ3) is 4.60. The molecule has 1 heterocycles. The van der Waals surface area contributed by atoms with E-state index in [0.29, 0.717) is 6.54 Å². The van der Waals surface area contributed by atoms with Gasteiger partial charge in [-0.05, 0) is 44.8 Å². The first kappa shape index (κ1) is 18.7. The molecule has 0 saturated carbocycles. The summed E-state index contributed by atoms with van der Waals surface area (Å²) in [4.78, 5) is 27.5. The lowest BCUT2D eigenvalue weighted by Gasteiger charge is -2.35. The van der Waals surface area contributed by atoms with Crippen molar-refractivity contribution >= 4 is 12.0 Å². The Balaban J connectivity index is 1.80. The maximum Gasteiger partial charge on any atom is 0.417 e. The summed E-state index contributed by atoms with van der Waals surface area (Å²) in [6, 6.07) is 18.7. The highest BCUT2D eigenvalue weighted by Crippen LogP contribution is 2.30. The molecule has 3 rings (SSSR count). The summed E-state index contributed by atoms with van der Waals surface area (Å²) in [5.74, 6) is -0.360. The summed E-state index contributed by atoms with van der Waals surface area (Å²) >= 11 is 0. The number of nitrogens with one attached hydrogen (secondary N) is 1. The van der Waals surface area contributed by atoms with E-state index in [2.05, 4.69) is 5.32 Å². The molecule has 2 amide bonds. The minimum atomic E-state index is -0.976. The molecule has 0 bridgehead atoms. The van der Waals surface area contributed by atoms with Crippen LogP contribution in [0.2, 0.25) is 0 Å². The monoisotopic (exact) mass is 381 g/mol. The number of carbonyl (C=O) groups is 2. The van der Waals surface area contributed by atoms with Crippen LogP contribution in [0.25, 0.3) is 0 Å². The molecule has 0 spiro atoms. The van der Waals surface area contributed by atoms with Gasteiger partial charge in [0.15, 0.2) is 0 Å². The third-order valence-corrected chi connectivity index (χ3v) is 4.93. The quantitative estimate of drug-likeness (QED) is 0.866. The minimum Gasteiger partial charge on any atom is -0.444 e. The average molecular weight is 381 g/mol. The first-order chi connectivity index (χ1) is 13.9. The van der Waals surface area contributed by atoms with Crippen molar-refractivity contribution in [1.82, 2.24) is 10.2 Å². The molecule has 0 aliphatic carbocycles. The van der Waals surface area contributed by atoms with Gasteiger partial charge in [0.25, 0.3) is 0 Å². The van der Waals surface area contributed by atoms with Gasteiger partial charge >= 0.3 is 6.09 Å². The molecular formula is C23H28N2O3. The summed E-state index contributed by atoms with van der Waals surface area (Å²) in [6.07, 6.45) is 0.103. The minimum absolute atomic E-state index is 0.0188. The Labute approximate surface area is 168 Å². The van der Waals surface area contributed by atoms with Crippen molar-refractivity contribution in [1.29, 1.82) is 0 Å². The van der Waals surface area contributed by atoms with E-state index in [0.717, 1.165) is 22.4 Å². The number of carbonyl (C=O) groups excluding carboxylic acids is 2. The lowest BCUT2D eigenvalue weighted by atomic mass is 9.90. The van der Waals surface area contributed by atoms with Crippen molar-refractivity contribution in [2.45, 2.75) is 51.3 Å². The van der Waals surface area contributed by atoms with Crippen LogP contribution < -0.4 is 5.32 Å². The zero-order valence-electron chi connectivity index (χ0n) is 17.4. The maximum absolute atomic E-state index is 13.5. The third-order valence-electron chi connectivity index (χ3n) is 4.93. The summed E-state index contributed by atoms with van der Waals surface area (Å²) in [7, 11) is 0. The van der Waals surface area contributed by atoms with Gasteiger partial charge in [0.2, 0.25) is 5.91 Å². The Bertz CT molecular complexity index is 827. The number of ether oxygens (including phenoxy) is 1. The lowest BCUT2D eigenvalue weighted by Crippen LogP contribution is -2.56. The zero-order chi connectivity index (χ0) is 20.9. The van der Waals surface area contributed by atoms with Crippen LogP contribution >= 0.6 is 0 Å². The standard InChI is InChI=1S/C23H28N2O3/c1-23(2,3)25(22(27)28-16-17-10-6-4-7-11-17)21(26)20-19(14-15-24-20)18-12-8-5-9-13-18/h4-13,19-20,24H,14-16H2,1-3H3/t19-,20+/m1/s1/i1D. The molecular weight excluding hydrogens is 352 g/mol. The SMILES string of the molecule is [2H]CC(C)(C)N(C(=O)OCc1ccccc1)C(=O)[C@H]1NCC[C@@H]1c1ccccc1. The van der Waals surface area contributed by atoms with Gasteiger partial charge < -0.3 is 10.1 Å². The molecule has 0 radical (unpaired) electrons. The fourth-order valence-corrected chi connectivity index (χ4v) is 3.58.